The summed E-state index contributed by atoms with van der Waals surface area (Å²) >= 11 is 9.41. The van der Waals surface area contributed by atoms with Crippen molar-refractivity contribution in [3.8, 4) is 0 Å². The van der Waals surface area contributed by atoms with Crippen molar-refractivity contribution in [1.82, 2.24) is 5.32 Å². The Balaban J connectivity index is 0.00000264. The van der Waals surface area contributed by atoms with Crippen molar-refractivity contribution in [2.75, 3.05) is 18.4 Å². The first-order valence-electron chi connectivity index (χ1n) is 6.69. The van der Waals surface area contributed by atoms with E-state index in [-0.39, 0.29) is 18.1 Å². The van der Waals surface area contributed by atoms with Crippen molar-refractivity contribution in [3.05, 3.63) is 67.6 Å². The highest BCUT2D eigenvalue weighted by Crippen LogP contribution is 2.26. The number of hydrogen-bond acceptors (Lipinski definition) is 4. The first-order chi connectivity index (χ1) is 10.6. The highest BCUT2D eigenvalue weighted by Gasteiger charge is 2.08. The van der Waals surface area contributed by atoms with Crippen molar-refractivity contribution >= 4 is 51.3 Å². The minimum Gasteiger partial charge on any atom is -0.383 e. The Bertz CT molecular complexity index is 654. The molecule has 0 aromatic heterocycles. The van der Waals surface area contributed by atoms with Gasteiger partial charge in [-0.2, -0.15) is 0 Å². The van der Waals surface area contributed by atoms with E-state index in [0.29, 0.717) is 17.3 Å². The largest absolute Gasteiger partial charge is 0.383 e. The second-order valence-electron chi connectivity index (χ2n) is 4.65. The number of non-ortho nitro benzene ring substituents is 1. The van der Waals surface area contributed by atoms with Crippen LogP contribution in [0, 0.1) is 10.1 Å². The number of nitro benzene ring substituents is 1. The molecule has 0 aliphatic carbocycles. The third-order valence-electron chi connectivity index (χ3n) is 3.02. The highest BCUT2D eigenvalue weighted by atomic mass is 79.9. The summed E-state index contributed by atoms with van der Waals surface area (Å²) in [5.41, 5.74) is 1.89. The van der Waals surface area contributed by atoms with Gasteiger partial charge in [-0.05, 0) is 23.8 Å². The normalized spacial score (nSPS) is 10.0. The third kappa shape index (κ3) is 6.35. The van der Waals surface area contributed by atoms with E-state index in [0.717, 1.165) is 17.6 Å². The molecule has 2 N–H and O–H groups in total. The van der Waals surface area contributed by atoms with Gasteiger partial charge < -0.3 is 10.6 Å². The first-order valence-corrected chi connectivity index (χ1v) is 7.86. The van der Waals surface area contributed by atoms with Crippen LogP contribution in [0.5, 0.6) is 0 Å². The maximum atomic E-state index is 10.6. The van der Waals surface area contributed by atoms with Crippen molar-refractivity contribution < 1.29 is 4.92 Å². The van der Waals surface area contributed by atoms with Gasteiger partial charge in [-0.1, -0.05) is 39.7 Å². The quantitative estimate of drug-likeness (QED) is 0.389. The van der Waals surface area contributed by atoms with Crippen LogP contribution in [0.3, 0.4) is 0 Å². The fourth-order valence-corrected chi connectivity index (χ4v) is 2.39. The van der Waals surface area contributed by atoms with Gasteiger partial charge in [0.2, 0.25) is 0 Å². The molecule has 2 aromatic carbocycles. The van der Waals surface area contributed by atoms with Gasteiger partial charge in [-0.25, -0.2) is 0 Å². The Hall–Kier alpha value is -1.34. The molecule has 0 aliphatic rings. The summed E-state index contributed by atoms with van der Waals surface area (Å²) in [4.78, 5) is 10.2. The van der Waals surface area contributed by atoms with Crippen LogP contribution < -0.4 is 10.6 Å². The van der Waals surface area contributed by atoms with E-state index >= 15 is 0 Å². The van der Waals surface area contributed by atoms with Crippen LogP contribution in [0.15, 0.2) is 46.9 Å². The van der Waals surface area contributed by atoms with Crippen molar-refractivity contribution in [2.24, 2.45) is 0 Å². The zero-order chi connectivity index (χ0) is 15.9. The molecule has 0 saturated heterocycles. The molecule has 0 atom stereocenters. The standard InChI is InChI=1S/C15H15BrClN3O2.ClH/c16-12-3-1-11(2-4-12)10-18-7-8-19-15-6-5-13(20(21)22)9-14(15)17;/h1-6,9,18-19H,7-8,10H2;1H. The second kappa shape index (κ2) is 9.72. The van der Waals surface area contributed by atoms with Crippen molar-refractivity contribution in [1.29, 1.82) is 0 Å². The molecule has 124 valence electrons. The average Bonchev–Trinajstić information content (AvgIpc) is 2.50. The summed E-state index contributed by atoms with van der Waals surface area (Å²) < 4.78 is 1.06. The van der Waals surface area contributed by atoms with E-state index in [1.807, 2.05) is 12.1 Å². The number of nitrogens with zero attached hydrogens (tertiary/aromatic N) is 1. The van der Waals surface area contributed by atoms with Crippen molar-refractivity contribution in [2.45, 2.75) is 6.54 Å². The van der Waals surface area contributed by atoms with Crippen LogP contribution in [0.4, 0.5) is 11.4 Å². The average molecular weight is 421 g/mol. The zero-order valence-corrected chi connectivity index (χ0v) is 15.2. The predicted octanol–water partition coefficient (Wildman–Crippen LogP) is 4.63. The lowest BCUT2D eigenvalue weighted by atomic mass is 10.2. The smallest absolute Gasteiger partial charge is 0.271 e. The molecule has 0 saturated carbocycles. The maximum absolute atomic E-state index is 10.6. The van der Waals surface area contributed by atoms with Crippen LogP contribution in [0.1, 0.15) is 5.56 Å². The van der Waals surface area contributed by atoms with Crippen molar-refractivity contribution in [3.63, 3.8) is 0 Å². The van der Waals surface area contributed by atoms with E-state index in [1.54, 1.807) is 6.07 Å². The Kier molecular flexibility index (Phi) is 8.33. The monoisotopic (exact) mass is 419 g/mol. The molecule has 0 radical (unpaired) electrons. The summed E-state index contributed by atoms with van der Waals surface area (Å²) in [6.07, 6.45) is 0. The summed E-state index contributed by atoms with van der Waals surface area (Å²) in [7, 11) is 0. The van der Waals surface area contributed by atoms with Gasteiger partial charge in [0.25, 0.3) is 5.69 Å². The van der Waals surface area contributed by atoms with Crippen LogP contribution in [0.2, 0.25) is 5.02 Å². The molecule has 0 aliphatic heterocycles. The lowest BCUT2D eigenvalue weighted by molar-refractivity contribution is -0.384. The van der Waals surface area contributed by atoms with Gasteiger partial charge >= 0.3 is 0 Å². The Labute approximate surface area is 154 Å². The van der Waals surface area contributed by atoms with E-state index in [1.165, 1.54) is 17.7 Å². The minimum absolute atomic E-state index is 0. The lowest BCUT2D eigenvalue weighted by Gasteiger charge is -2.09. The summed E-state index contributed by atoms with van der Waals surface area (Å²) in [5.74, 6) is 0. The van der Waals surface area contributed by atoms with E-state index in [4.69, 9.17) is 11.6 Å². The second-order valence-corrected chi connectivity index (χ2v) is 5.97. The SMILES string of the molecule is Cl.O=[N+]([O-])c1ccc(NCCNCc2ccc(Br)cc2)c(Cl)c1. The number of anilines is 1. The molecule has 5 nitrogen and oxygen atoms in total. The fourth-order valence-electron chi connectivity index (χ4n) is 1.88. The number of nitro groups is 1. The van der Waals surface area contributed by atoms with Gasteiger partial charge in [0, 0.05) is 36.2 Å². The van der Waals surface area contributed by atoms with Gasteiger partial charge in [-0.3, -0.25) is 10.1 Å². The zero-order valence-electron chi connectivity index (χ0n) is 12.1. The molecule has 8 heteroatoms. The molecular formula is C15H16BrCl2N3O2. The maximum Gasteiger partial charge on any atom is 0.271 e. The molecule has 0 unspecified atom stereocenters. The fraction of sp³-hybridized carbons (Fsp3) is 0.200. The predicted molar refractivity (Wildman–Crippen MR) is 99.7 cm³/mol. The lowest BCUT2D eigenvalue weighted by Crippen LogP contribution is -2.21. The van der Waals surface area contributed by atoms with E-state index in [2.05, 4.69) is 38.7 Å². The van der Waals surface area contributed by atoms with Gasteiger partial charge in [0.1, 0.15) is 0 Å². The number of nitrogens with one attached hydrogen (secondary N) is 2. The van der Waals surface area contributed by atoms with Gasteiger partial charge in [0.05, 0.1) is 15.6 Å². The van der Waals surface area contributed by atoms with Crippen LogP contribution in [-0.2, 0) is 6.54 Å². The summed E-state index contributed by atoms with van der Waals surface area (Å²) in [6, 6.07) is 12.5. The molecule has 0 fully saturated rings. The molecule has 23 heavy (non-hydrogen) atoms. The van der Waals surface area contributed by atoms with Gasteiger partial charge in [-0.15, -0.1) is 12.4 Å². The molecule has 0 spiro atoms. The summed E-state index contributed by atoms with van der Waals surface area (Å²) in [5, 5.41) is 17.4. The minimum atomic E-state index is -0.463. The molecule has 2 aromatic rings. The Morgan fingerprint density at radius 3 is 2.43 bits per heavy atom. The number of halogens is 3. The number of rotatable bonds is 7. The van der Waals surface area contributed by atoms with Crippen LogP contribution >= 0.6 is 39.9 Å². The Morgan fingerprint density at radius 2 is 1.83 bits per heavy atom. The molecular weight excluding hydrogens is 405 g/mol. The molecule has 0 bridgehead atoms. The Morgan fingerprint density at radius 1 is 1.13 bits per heavy atom. The van der Waals surface area contributed by atoms with Crippen LogP contribution in [0.25, 0.3) is 0 Å². The molecule has 0 amide bonds. The van der Waals surface area contributed by atoms with E-state index in [9.17, 15) is 10.1 Å². The molecule has 2 rings (SSSR count). The topological polar surface area (TPSA) is 67.2 Å². The summed E-state index contributed by atoms with van der Waals surface area (Å²) in [6.45, 7) is 2.21. The van der Waals surface area contributed by atoms with E-state index < -0.39 is 4.92 Å². The van der Waals surface area contributed by atoms with Crippen LogP contribution in [-0.4, -0.2) is 18.0 Å². The number of benzene rings is 2. The number of hydrogen-bond donors (Lipinski definition) is 2. The molecule has 0 heterocycles. The third-order valence-corrected chi connectivity index (χ3v) is 3.86. The van der Waals surface area contributed by atoms with Gasteiger partial charge in [0.15, 0.2) is 0 Å². The highest BCUT2D eigenvalue weighted by molar-refractivity contribution is 9.10. The first kappa shape index (κ1) is 19.7.